The number of benzene rings is 1. The van der Waals surface area contributed by atoms with Crippen molar-refractivity contribution < 1.29 is 0 Å². The van der Waals surface area contributed by atoms with Crippen molar-refractivity contribution in [3.63, 3.8) is 0 Å². The van der Waals surface area contributed by atoms with Gasteiger partial charge in [-0.15, -0.1) is 0 Å². The van der Waals surface area contributed by atoms with E-state index in [2.05, 4.69) is 24.4 Å². The molecule has 1 unspecified atom stereocenters. The molecule has 1 aliphatic carbocycles. The molecule has 0 aromatic heterocycles. The molecular formula is C15H22ClNS. The minimum absolute atomic E-state index is 0.668. The first-order valence-electron chi connectivity index (χ1n) is 6.83. The molecular weight excluding hydrogens is 262 g/mol. The Morgan fingerprint density at radius 3 is 2.61 bits per heavy atom. The first-order valence-corrected chi connectivity index (χ1v) is 8.26. The highest BCUT2D eigenvalue weighted by Gasteiger charge is 2.14. The van der Waals surface area contributed by atoms with E-state index in [1.165, 1.54) is 31.2 Å². The largest absolute Gasteiger partial charge is 0.313 e. The fourth-order valence-corrected chi connectivity index (χ4v) is 3.35. The average molecular weight is 284 g/mol. The summed E-state index contributed by atoms with van der Waals surface area (Å²) in [6.07, 6.45) is 5.55. The van der Waals surface area contributed by atoms with Crippen LogP contribution in [0.2, 0.25) is 5.02 Å². The first kappa shape index (κ1) is 14.2. The van der Waals surface area contributed by atoms with Crippen molar-refractivity contribution in [1.82, 2.24) is 5.32 Å². The lowest BCUT2D eigenvalue weighted by atomic mass is 10.2. The molecule has 1 atom stereocenters. The van der Waals surface area contributed by atoms with Crippen LogP contribution in [-0.4, -0.2) is 17.8 Å². The van der Waals surface area contributed by atoms with E-state index in [4.69, 9.17) is 11.6 Å². The monoisotopic (exact) mass is 283 g/mol. The topological polar surface area (TPSA) is 12.0 Å². The minimum Gasteiger partial charge on any atom is -0.313 e. The van der Waals surface area contributed by atoms with Crippen molar-refractivity contribution in [3.8, 4) is 0 Å². The summed E-state index contributed by atoms with van der Waals surface area (Å²) in [5.74, 6) is 1.07. The molecule has 1 saturated carbocycles. The van der Waals surface area contributed by atoms with Crippen molar-refractivity contribution in [2.45, 2.75) is 49.7 Å². The summed E-state index contributed by atoms with van der Waals surface area (Å²) in [6, 6.07) is 8.96. The van der Waals surface area contributed by atoms with Gasteiger partial charge in [0.05, 0.1) is 0 Å². The fraction of sp³-hybridized carbons (Fsp3) is 0.600. The predicted molar refractivity (Wildman–Crippen MR) is 82.5 cm³/mol. The average Bonchev–Trinajstić information content (AvgIpc) is 2.89. The van der Waals surface area contributed by atoms with Crippen LogP contribution in [0, 0.1) is 0 Å². The first-order chi connectivity index (χ1) is 8.74. The Hall–Kier alpha value is -0.180. The Morgan fingerprint density at radius 2 is 1.94 bits per heavy atom. The summed E-state index contributed by atoms with van der Waals surface area (Å²) in [4.78, 5) is 0. The van der Waals surface area contributed by atoms with Gasteiger partial charge in [0.15, 0.2) is 0 Å². The summed E-state index contributed by atoms with van der Waals surface area (Å²) in [5.41, 5.74) is 1.36. The Kier molecular flexibility index (Phi) is 5.87. The molecule has 0 amide bonds. The Balaban J connectivity index is 1.64. The molecule has 1 aromatic carbocycles. The lowest BCUT2D eigenvalue weighted by molar-refractivity contribution is 0.527. The van der Waals surface area contributed by atoms with Gasteiger partial charge in [0.2, 0.25) is 0 Å². The molecule has 0 saturated heterocycles. The van der Waals surface area contributed by atoms with Crippen molar-refractivity contribution in [3.05, 3.63) is 34.9 Å². The maximum atomic E-state index is 5.88. The zero-order valence-electron chi connectivity index (χ0n) is 11.0. The van der Waals surface area contributed by atoms with E-state index in [1.54, 1.807) is 0 Å². The lowest BCUT2D eigenvalue weighted by Gasteiger charge is -2.16. The maximum Gasteiger partial charge on any atom is 0.0406 e. The van der Waals surface area contributed by atoms with Gasteiger partial charge in [0, 0.05) is 28.6 Å². The minimum atomic E-state index is 0.668. The van der Waals surface area contributed by atoms with Crippen LogP contribution in [0.25, 0.3) is 0 Å². The molecule has 1 aromatic rings. The molecule has 1 N–H and O–H groups in total. The van der Waals surface area contributed by atoms with Gasteiger partial charge < -0.3 is 5.32 Å². The van der Waals surface area contributed by atoms with E-state index in [-0.39, 0.29) is 0 Å². The summed E-state index contributed by atoms with van der Waals surface area (Å²) in [6.45, 7) is 3.44. The van der Waals surface area contributed by atoms with Gasteiger partial charge >= 0.3 is 0 Å². The van der Waals surface area contributed by atoms with E-state index in [0.717, 1.165) is 23.4 Å². The molecule has 0 spiro atoms. The number of halogens is 1. The third-order valence-electron chi connectivity index (χ3n) is 3.50. The molecule has 100 valence electrons. The number of thioether (sulfide) groups is 1. The molecule has 3 heteroatoms. The Labute approximate surface area is 120 Å². The molecule has 0 aliphatic heterocycles. The summed E-state index contributed by atoms with van der Waals surface area (Å²) >= 11 is 7.89. The number of rotatable bonds is 6. The zero-order chi connectivity index (χ0) is 12.8. The zero-order valence-corrected chi connectivity index (χ0v) is 12.6. The van der Waals surface area contributed by atoms with Crippen LogP contribution in [0.1, 0.15) is 38.2 Å². The van der Waals surface area contributed by atoms with Crippen molar-refractivity contribution in [2.75, 3.05) is 6.54 Å². The van der Waals surface area contributed by atoms with Gasteiger partial charge in [-0.25, -0.2) is 0 Å². The van der Waals surface area contributed by atoms with Crippen molar-refractivity contribution in [1.29, 1.82) is 0 Å². The molecule has 2 rings (SSSR count). The molecule has 18 heavy (non-hydrogen) atoms. The van der Waals surface area contributed by atoms with Crippen LogP contribution < -0.4 is 5.32 Å². The maximum absolute atomic E-state index is 5.88. The van der Waals surface area contributed by atoms with Crippen LogP contribution in [0.3, 0.4) is 0 Å². The second kappa shape index (κ2) is 7.42. The van der Waals surface area contributed by atoms with E-state index in [0.29, 0.717) is 5.25 Å². The standard InChI is InChI=1S/C15H22ClNS/c1-12(10-17-15-4-2-3-5-15)18-11-13-6-8-14(16)9-7-13/h6-9,12,15,17H,2-5,10-11H2,1H3. The smallest absolute Gasteiger partial charge is 0.0406 e. The third-order valence-corrected chi connectivity index (χ3v) is 4.98. The van der Waals surface area contributed by atoms with E-state index in [9.17, 15) is 0 Å². The highest BCUT2D eigenvalue weighted by atomic mass is 35.5. The van der Waals surface area contributed by atoms with Crippen LogP contribution in [-0.2, 0) is 5.75 Å². The molecule has 0 radical (unpaired) electrons. The second-order valence-electron chi connectivity index (χ2n) is 5.14. The Bertz CT molecular complexity index is 346. The van der Waals surface area contributed by atoms with Gasteiger partial charge in [-0.2, -0.15) is 11.8 Å². The van der Waals surface area contributed by atoms with Gasteiger partial charge in [-0.3, -0.25) is 0 Å². The van der Waals surface area contributed by atoms with E-state index < -0.39 is 0 Å². The fourth-order valence-electron chi connectivity index (χ4n) is 2.34. The second-order valence-corrected chi connectivity index (χ2v) is 7.00. The van der Waals surface area contributed by atoms with Gasteiger partial charge in [0.1, 0.15) is 0 Å². The van der Waals surface area contributed by atoms with Crippen molar-refractivity contribution in [2.24, 2.45) is 0 Å². The highest BCUT2D eigenvalue weighted by molar-refractivity contribution is 7.99. The normalized spacial score (nSPS) is 18.1. The summed E-state index contributed by atoms with van der Waals surface area (Å²) in [7, 11) is 0. The Morgan fingerprint density at radius 1 is 1.28 bits per heavy atom. The quantitative estimate of drug-likeness (QED) is 0.825. The summed E-state index contributed by atoms with van der Waals surface area (Å²) in [5, 5.41) is 5.17. The van der Waals surface area contributed by atoms with Gasteiger partial charge in [-0.1, -0.05) is 43.5 Å². The molecule has 0 heterocycles. The third kappa shape index (κ3) is 4.83. The number of hydrogen-bond acceptors (Lipinski definition) is 2. The van der Waals surface area contributed by atoms with E-state index >= 15 is 0 Å². The van der Waals surface area contributed by atoms with Gasteiger partial charge in [0.25, 0.3) is 0 Å². The number of nitrogens with one attached hydrogen (secondary N) is 1. The highest BCUT2D eigenvalue weighted by Crippen LogP contribution is 2.21. The van der Waals surface area contributed by atoms with Gasteiger partial charge in [-0.05, 0) is 30.5 Å². The van der Waals surface area contributed by atoms with Crippen molar-refractivity contribution >= 4 is 23.4 Å². The molecule has 1 aliphatic rings. The van der Waals surface area contributed by atoms with Crippen LogP contribution in [0.4, 0.5) is 0 Å². The predicted octanol–water partition coefficient (Wildman–Crippen LogP) is 4.49. The summed E-state index contributed by atoms with van der Waals surface area (Å²) < 4.78 is 0. The van der Waals surface area contributed by atoms with Crippen LogP contribution in [0.5, 0.6) is 0 Å². The molecule has 1 fully saturated rings. The lowest BCUT2D eigenvalue weighted by Crippen LogP contribution is -2.31. The SMILES string of the molecule is CC(CNC1CCCC1)SCc1ccc(Cl)cc1. The van der Waals surface area contributed by atoms with Crippen LogP contribution >= 0.6 is 23.4 Å². The van der Waals surface area contributed by atoms with E-state index in [1.807, 2.05) is 23.9 Å². The number of hydrogen-bond donors (Lipinski definition) is 1. The molecule has 0 bridgehead atoms. The molecule has 1 nitrogen and oxygen atoms in total. The van der Waals surface area contributed by atoms with Crippen LogP contribution in [0.15, 0.2) is 24.3 Å².